The molecule has 3 nitrogen and oxygen atoms in total. The van der Waals surface area contributed by atoms with Crippen molar-refractivity contribution in [2.24, 2.45) is 5.73 Å². The molecule has 0 aliphatic carbocycles. The maximum absolute atomic E-state index is 5.66. The highest BCUT2D eigenvalue weighted by Gasteiger charge is 2.05. The number of hydrogen-bond acceptors (Lipinski definition) is 3. The van der Waals surface area contributed by atoms with Gasteiger partial charge in [0.25, 0.3) is 0 Å². The van der Waals surface area contributed by atoms with Gasteiger partial charge in [0.05, 0.1) is 0 Å². The summed E-state index contributed by atoms with van der Waals surface area (Å²) in [6.07, 6.45) is 0. The average Bonchev–Trinajstić information content (AvgIpc) is 2.40. The van der Waals surface area contributed by atoms with E-state index in [0.29, 0.717) is 4.99 Å². The zero-order chi connectivity index (χ0) is 14.3. The molecule has 1 aromatic carbocycles. The van der Waals surface area contributed by atoms with Gasteiger partial charge in [-0.25, -0.2) is 0 Å². The van der Waals surface area contributed by atoms with Crippen LogP contribution in [0.3, 0.4) is 0 Å². The minimum atomic E-state index is 0.465. The van der Waals surface area contributed by atoms with Crippen LogP contribution >= 0.6 is 12.2 Å². The highest BCUT2D eigenvalue weighted by atomic mass is 32.1. The maximum Gasteiger partial charge on any atom is 0.103 e. The van der Waals surface area contributed by atoms with Crippen molar-refractivity contribution in [2.75, 3.05) is 33.2 Å². The van der Waals surface area contributed by atoms with Gasteiger partial charge in [-0.3, -0.25) is 0 Å². The molecule has 0 aromatic heterocycles. The molecule has 0 atom stereocenters. The second kappa shape index (κ2) is 8.25. The second-order valence-corrected chi connectivity index (χ2v) is 5.27. The molecule has 4 heteroatoms. The Morgan fingerprint density at radius 1 is 1.21 bits per heavy atom. The Balaban J connectivity index is 2.50. The number of likely N-dealkylation sites (N-methyl/N-ethyl adjacent to an activating group) is 2. The molecule has 0 bridgehead atoms. The number of thiocarbonyl (C=S) groups is 1. The van der Waals surface area contributed by atoms with Gasteiger partial charge in [-0.15, -0.1) is 0 Å². The molecular weight excluding hydrogens is 254 g/mol. The third kappa shape index (κ3) is 5.68. The van der Waals surface area contributed by atoms with Crippen molar-refractivity contribution in [1.82, 2.24) is 9.80 Å². The van der Waals surface area contributed by atoms with E-state index in [4.69, 9.17) is 18.0 Å². The van der Waals surface area contributed by atoms with E-state index < -0.39 is 0 Å². The van der Waals surface area contributed by atoms with Crippen molar-refractivity contribution < 1.29 is 0 Å². The van der Waals surface area contributed by atoms with Crippen molar-refractivity contribution in [1.29, 1.82) is 0 Å². The zero-order valence-corrected chi connectivity index (χ0v) is 13.0. The van der Waals surface area contributed by atoms with Gasteiger partial charge in [-0.1, -0.05) is 44.3 Å². The Hall–Kier alpha value is -0.970. The molecule has 0 radical (unpaired) electrons. The van der Waals surface area contributed by atoms with Crippen LogP contribution in [0.2, 0.25) is 0 Å². The lowest BCUT2D eigenvalue weighted by molar-refractivity contribution is 0.236. The minimum absolute atomic E-state index is 0.465. The van der Waals surface area contributed by atoms with Crippen molar-refractivity contribution in [3.05, 3.63) is 35.4 Å². The molecule has 0 aliphatic rings. The van der Waals surface area contributed by atoms with E-state index in [1.54, 1.807) is 0 Å². The summed E-state index contributed by atoms with van der Waals surface area (Å²) >= 11 is 5.01. The molecule has 0 fully saturated rings. The highest BCUT2D eigenvalue weighted by Crippen LogP contribution is 2.07. The summed E-state index contributed by atoms with van der Waals surface area (Å²) in [4.78, 5) is 5.23. The summed E-state index contributed by atoms with van der Waals surface area (Å²) in [6, 6.07) is 8.18. The number of hydrogen-bond donors (Lipinski definition) is 1. The van der Waals surface area contributed by atoms with Crippen molar-refractivity contribution >= 4 is 17.2 Å². The summed E-state index contributed by atoms with van der Waals surface area (Å²) in [5.74, 6) is 0. The van der Waals surface area contributed by atoms with E-state index in [1.807, 2.05) is 12.1 Å². The van der Waals surface area contributed by atoms with Crippen LogP contribution < -0.4 is 5.73 Å². The highest BCUT2D eigenvalue weighted by molar-refractivity contribution is 7.80. The first-order valence-electron chi connectivity index (χ1n) is 6.86. The quantitative estimate of drug-likeness (QED) is 0.739. The lowest BCUT2D eigenvalue weighted by Gasteiger charge is -2.23. The molecule has 0 spiro atoms. The Bertz CT molecular complexity index is 402. The normalized spacial score (nSPS) is 11.2. The van der Waals surface area contributed by atoms with Gasteiger partial charge in [-0.05, 0) is 31.8 Å². The van der Waals surface area contributed by atoms with E-state index in [-0.39, 0.29) is 0 Å². The van der Waals surface area contributed by atoms with Crippen LogP contribution in [-0.4, -0.2) is 48.0 Å². The van der Waals surface area contributed by atoms with Gasteiger partial charge >= 0.3 is 0 Å². The third-order valence-electron chi connectivity index (χ3n) is 3.36. The molecule has 1 aromatic rings. The molecule has 0 unspecified atom stereocenters. The molecule has 0 heterocycles. The molecule has 19 heavy (non-hydrogen) atoms. The molecule has 0 amide bonds. The van der Waals surface area contributed by atoms with E-state index in [9.17, 15) is 0 Å². The fourth-order valence-electron chi connectivity index (χ4n) is 2.07. The predicted octanol–water partition coefficient (Wildman–Crippen LogP) is 2.09. The van der Waals surface area contributed by atoms with Crippen molar-refractivity contribution in [2.45, 2.75) is 20.4 Å². The zero-order valence-electron chi connectivity index (χ0n) is 12.2. The minimum Gasteiger partial charge on any atom is -0.389 e. The van der Waals surface area contributed by atoms with Gasteiger partial charge in [-0.2, -0.15) is 0 Å². The first-order valence-corrected chi connectivity index (χ1v) is 7.27. The lowest BCUT2D eigenvalue weighted by atomic mass is 10.1. The Morgan fingerprint density at radius 2 is 1.89 bits per heavy atom. The second-order valence-electron chi connectivity index (χ2n) is 4.83. The Labute approximate surface area is 122 Å². The summed E-state index contributed by atoms with van der Waals surface area (Å²) in [5.41, 5.74) is 7.86. The van der Waals surface area contributed by atoms with Gasteiger partial charge in [0.15, 0.2) is 0 Å². The molecular formula is C15H25N3S. The fraction of sp³-hybridized carbons (Fsp3) is 0.533. The first kappa shape index (κ1) is 16.1. The van der Waals surface area contributed by atoms with Crippen molar-refractivity contribution in [3.63, 3.8) is 0 Å². The number of rotatable bonds is 8. The monoisotopic (exact) mass is 279 g/mol. The van der Waals surface area contributed by atoms with Crippen LogP contribution in [0.15, 0.2) is 24.3 Å². The molecule has 2 N–H and O–H groups in total. The fourth-order valence-corrected chi connectivity index (χ4v) is 2.19. The van der Waals surface area contributed by atoms with Crippen LogP contribution in [0.25, 0.3) is 0 Å². The van der Waals surface area contributed by atoms with Gasteiger partial charge in [0.1, 0.15) is 4.99 Å². The molecule has 106 valence electrons. The van der Waals surface area contributed by atoms with Gasteiger partial charge in [0, 0.05) is 25.2 Å². The number of nitrogens with zero attached hydrogens (tertiary/aromatic N) is 2. The SMILES string of the molecule is CCN(CC)CCN(C)Cc1cccc(C(N)=S)c1. The topological polar surface area (TPSA) is 32.5 Å². The van der Waals surface area contributed by atoms with Gasteiger partial charge in [0.2, 0.25) is 0 Å². The molecule has 0 aliphatic heterocycles. The van der Waals surface area contributed by atoms with E-state index in [2.05, 4.69) is 42.8 Å². The molecule has 0 saturated carbocycles. The summed E-state index contributed by atoms with van der Waals surface area (Å²) in [5, 5.41) is 0. The van der Waals surface area contributed by atoms with E-state index in [1.165, 1.54) is 5.56 Å². The molecule has 0 saturated heterocycles. The number of benzene rings is 1. The lowest BCUT2D eigenvalue weighted by Crippen LogP contribution is -2.32. The van der Waals surface area contributed by atoms with Crippen LogP contribution in [-0.2, 0) is 6.54 Å². The largest absolute Gasteiger partial charge is 0.389 e. The van der Waals surface area contributed by atoms with E-state index in [0.717, 1.165) is 38.3 Å². The Kier molecular flexibility index (Phi) is 6.99. The van der Waals surface area contributed by atoms with Crippen molar-refractivity contribution in [3.8, 4) is 0 Å². The average molecular weight is 279 g/mol. The Morgan fingerprint density at radius 3 is 2.47 bits per heavy atom. The van der Waals surface area contributed by atoms with Crippen LogP contribution in [0.5, 0.6) is 0 Å². The van der Waals surface area contributed by atoms with Crippen LogP contribution in [0.1, 0.15) is 25.0 Å². The number of nitrogens with two attached hydrogens (primary N) is 1. The smallest absolute Gasteiger partial charge is 0.103 e. The van der Waals surface area contributed by atoms with Crippen LogP contribution in [0.4, 0.5) is 0 Å². The first-order chi connectivity index (χ1) is 9.06. The third-order valence-corrected chi connectivity index (χ3v) is 3.59. The molecule has 1 rings (SSSR count). The van der Waals surface area contributed by atoms with Gasteiger partial charge < -0.3 is 15.5 Å². The van der Waals surface area contributed by atoms with E-state index >= 15 is 0 Å². The maximum atomic E-state index is 5.66. The standard InChI is InChI=1S/C15H25N3S/c1-4-18(5-2)10-9-17(3)12-13-7-6-8-14(11-13)15(16)19/h6-8,11H,4-5,9-10,12H2,1-3H3,(H2,16,19). The van der Waals surface area contributed by atoms with Crippen LogP contribution in [0, 0.1) is 0 Å². The predicted molar refractivity (Wildman–Crippen MR) is 86.5 cm³/mol. The summed E-state index contributed by atoms with van der Waals surface area (Å²) in [7, 11) is 2.15. The summed E-state index contributed by atoms with van der Waals surface area (Å²) < 4.78 is 0. The summed E-state index contributed by atoms with van der Waals surface area (Å²) in [6.45, 7) is 9.74.